The van der Waals surface area contributed by atoms with Gasteiger partial charge in [-0.15, -0.1) is 0 Å². The van der Waals surface area contributed by atoms with Crippen LogP contribution in [0.1, 0.15) is 16.7 Å². The number of aryl methyl sites for hydroxylation is 2. The van der Waals surface area contributed by atoms with Gasteiger partial charge in [-0.1, -0.05) is 5.11 Å². The lowest BCUT2D eigenvalue weighted by Crippen LogP contribution is -3.00. The lowest BCUT2D eigenvalue weighted by Gasteiger charge is -2.13. The minimum Gasteiger partial charge on any atom is -1.00 e. The van der Waals surface area contributed by atoms with E-state index < -0.39 is 0 Å². The van der Waals surface area contributed by atoms with Crippen LogP contribution in [-0.4, -0.2) is 12.2 Å². The van der Waals surface area contributed by atoms with Gasteiger partial charge in [0.25, 0.3) is 5.69 Å². The SMILES string of the molecule is COc1ccc(N=[NH+]c2cc3c(C)c(N)c(C)c(C)c3cc2O)cc1.[Cl-]. The fraction of sp³-hybridized carbons (Fsp3) is 0.200. The summed E-state index contributed by atoms with van der Waals surface area (Å²) in [7, 11) is 1.62. The van der Waals surface area contributed by atoms with Crippen LogP contribution in [0, 0.1) is 20.8 Å². The van der Waals surface area contributed by atoms with E-state index in [9.17, 15) is 5.11 Å². The number of rotatable bonds is 3. The molecule has 0 aliphatic carbocycles. The zero-order chi connectivity index (χ0) is 18.1. The van der Waals surface area contributed by atoms with Crippen LogP contribution in [0.2, 0.25) is 0 Å². The molecule has 0 heterocycles. The number of anilines is 1. The Hall–Kier alpha value is -2.79. The number of nitrogens with one attached hydrogen (secondary N) is 1. The predicted molar refractivity (Wildman–Crippen MR) is 99.9 cm³/mol. The molecular formula is C20H22ClN3O2. The van der Waals surface area contributed by atoms with Crippen molar-refractivity contribution in [3.63, 3.8) is 0 Å². The minimum atomic E-state index is 0. The molecule has 0 spiro atoms. The molecule has 0 aliphatic heterocycles. The molecule has 0 radical (unpaired) electrons. The van der Waals surface area contributed by atoms with Crippen LogP contribution >= 0.6 is 0 Å². The summed E-state index contributed by atoms with van der Waals surface area (Å²) in [5.41, 5.74) is 11.4. The maximum atomic E-state index is 10.4. The highest BCUT2D eigenvalue weighted by Gasteiger charge is 2.15. The van der Waals surface area contributed by atoms with Gasteiger partial charge in [0.2, 0.25) is 0 Å². The number of hydrogen-bond donors (Lipinski definition) is 3. The summed E-state index contributed by atoms with van der Waals surface area (Å²) in [6, 6.07) is 11.0. The van der Waals surface area contributed by atoms with Crippen LogP contribution in [0.4, 0.5) is 17.1 Å². The Morgan fingerprint density at radius 3 is 2.19 bits per heavy atom. The lowest BCUT2D eigenvalue weighted by atomic mass is 9.94. The normalized spacial score (nSPS) is 10.9. The van der Waals surface area contributed by atoms with Gasteiger partial charge in [0.1, 0.15) is 11.4 Å². The highest BCUT2D eigenvalue weighted by atomic mass is 35.5. The van der Waals surface area contributed by atoms with Crippen molar-refractivity contribution in [2.75, 3.05) is 12.8 Å². The van der Waals surface area contributed by atoms with Gasteiger partial charge in [-0.05, 0) is 83.7 Å². The van der Waals surface area contributed by atoms with Crippen LogP contribution < -0.4 is 28.0 Å². The number of nitrogens with two attached hydrogens (primary N) is 1. The zero-order valence-corrected chi connectivity index (χ0v) is 16.0. The number of ether oxygens (including phenoxy) is 1. The molecule has 4 N–H and O–H groups in total. The molecule has 3 rings (SSSR count). The molecule has 136 valence electrons. The lowest BCUT2D eigenvalue weighted by molar-refractivity contribution is -0.434. The second kappa shape index (κ2) is 7.62. The molecule has 26 heavy (non-hydrogen) atoms. The Morgan fingerprint density at radius 1 is 0.962 bits per heavy atom. The molecule has 0 unspecified atom stereocenters. The fourth-order valence-corrected chi connectivity index (χ4v) is 2.91. The largest absolute Gasteiger partial charge is 1.00 e. The van der Waals surface area contributed by atoms with Gasteiger partial charge in [0, 0.05) is 11.8 Å². The quantitative estimate of drug-likeness (QED) is 0.357. The molecule has 5 nitrogen and oxygen atoms in total. The van der Waals surface area contributed by atoms with E-state index in [-0.39, 0.29) is 18.2 Å². The molecule has 0 fully saturated rings. The van der Waals surface area contributed by atoms with E-state index in [4.69, 9.17) is 10.5 Å². The molecule has 0 aliphatic rings. The number of halogens is 1. The molecule has 0 aromatic heterocycles. The third-order valence-electron chi connectivity index (χ3n) is 4.69. The van der Waals surface area contributed by atoms with E-state index in [2.05, 4.69) is 10.2 Å². The molecule has 0 saturated carbocycles. The smallest absolute Gasteiger partial charge is 0.271 e. The number of hydrogen-bond acceptors (Lipinski definition) is 4. The number of methoxy groups -OCH3 is 1. The van der Waals surface area contributed by atoms with Crippen molar-refractivity contribution in [1.82, 2.24) is 0 Å². The van der Waals surface area contributed by atoms with Gasteiger partial charge in [0.15, 0.2) is 5.75 Å². The van der Waals surface area contributed by atoms with Crippen LogP contribution in [0.3, 0.4) is 0 Å². The first-order chi connectivity index (χ1) is 11.9. The van der Waals surface area contributed by atoms with Gasteiger partial charge in [-0.2, -0.15) is 0 Å². The molecule has 3 aromatic rings. The van der Waals surface area contributed by atoms with E-state index >= 15 is 0 Å². The Kier molecular flexibility index (Phi) is 5.73. The Balaban J connectivity index is 0.00000243. The summed E-state index contributed by atoms with van der Waals surface area (Å²) in [5.74, 6) is 0.917. The van der Waals surface area contributed by atoms with Crippen molar-refractivity contribution in [1.29, 1.82) is 0 Å². The van der Waals surface area contributed by atoms with Gasteiger partial charge in [-0.25, -0.2) is 0 Å². The summed E-state index contributed by atoms with van der Waals surface area (Å²) in [6.45, 7) is 6.01. The Morgan fingerprint density at radius 2 is 1.58 bits per heavy atom. The zero-order valence-electron chi connectivity index (χ0n) is 15.2. The first-order valence-corrected chi connectivity index (χ1v) is 8.05. The standard InChI is InChI=1S/C20H21N3O2.ClH/c1-11-12(2)20(21)13(3)16-9-18(19(24)10-17(11)16)23-22-14-5-7-15(25-4)8-6-14;/h5-10,24H,21H2,1-4H3;1H. The minimum absolute atomic E-state index is 0. The molecule has 3 aromatic carbocycles. The van der Waals surface area contributed by atoms with Crippen molar-refractivity contribution in [2.24, 2.45) is 5.11 Å². The number of aromatic hydroxyl groups is 1. The first-order valence-electron chi connectivity index (χ1n) is 8.05. The van der Waals surface area contributed by atoms with E-state index in [0.29, 0.717) is 5.69 Å². The van der Waals surface area contributed by atoms with Crippen molar-refractivity contribution >= 4 is 27.8 Å². The molecule has 6 heteroatoms. The van der Waals surface area contributed by atoms with Crippen molar-refractivity contribution < 1.29 is 27.4 Å². The number of azo groups is 1. The highest BCUT2D eigenvalue weighted by Crippen LogP contribution is 2.35. The molecule has 0 saturated heterocycles. The summed E-state index contributed by atoms with van der Waals surface area (Å²) in [4.78, 5) is 0. The maximum absolute atomic E-state index is 10.4. The van der Waals surface area contributed by atoms with E-state index in [1.54, 1.807) is 13.2 Å². The third kappa shape index (κ3) is 3.44. The third-order valence-corrected chi connectivity index (χ3v) is 4.69. The van der Waals surface area contributed by atoms with Crippen LogP contribution in [0.25, 0.3) is 10.8 Å². The number of phenolic OH excluding ortho intramolecular Hbond substituents is 1. The molecule has 0 bridgehead atoms. The van der Waals surface area contributed by atoms with Crippen LogP contribution in [0.5, 0.6) is 11.5 Å². The summed E-state index contributed by atoms with van der Waals surface area (Å²) in [6.07, 6.45) is 0. The number of fused-ring (bicyclic) bond motifs is 1. The number of nitrogens with zero attached hydrogens (tertiary/aromatic N) is 1. The Bertz CT molecular complexity index is 983. The second-order valence-electron chi connectivity index (χ2n) is 6.13. The molecular weight excluding hydrogens is 350 g/mol. The monoisotopic (exact) mass is 371 g/mol. The van der Waals surface area contributed by atoms with Crippen molar-refractivity contribution in [3.8, 4) is 11.5 Å². The number of benzene rings is 3. The number of phenols is 1. The topological polar surface area (TPSA) is 81.8 Å². The van der Waals surface area contributed by atoms with E-state index in [0.717, 1.165) is 44.6 Å². The van der Waals surface area contributed by atoms with E-state index in [1.807, 2.05) is 51.1 Å². The van der Waals surface area contributed by atoms with Gasteiger partial charge in [0.05, 0.1) is 7.11 Å². The summed E-state index contributed by atoms with van der Waals surface area (Å²) in [5, 5.41) is 19.6. The Labute approximate surface area is 158 Å². The summed E-state index contributed by atoms with van der Waals surface area (Å²) >= 11 is 0. The van der Waals surface area contributed by atoms with Crippen molar-refractivity contribution in [2.45, 2.75) is 20.8 Å². The predicted octanol–water partition coefficient (Wildman–Crippen LogP) is 0.561. The van der Waals surface area contributed by atoms with E-state index in [1.165, 1.54) is 0 Å². The average molecular weight is 372 g/mol. The van der Waals surface area contributed by atoms with Gasteiger partial charge >= 0.3 is 0 Å². The summed E-state index contributed by atoms with van der Waals surface area (Å²) < 4.78 is 5.13. The first kappa shape index (κ1) is 19.5. The average Bonchev–Trinajstić information content (AvgIpc) is 2.63. The second-order valence-corrected chi connectivity index (χ2v) is 6.13. The molecule has 0 amide bonds. The van der Waals surface area contributed by atoms with Gasteiger partial charge < -0.3 is 28.0 Å². The number of nitrogen functional groups attached to an aromatic ring is 1. The van der Waals surface area contributed by atoms with Gasteiger partial charge in [-0.3, -0.25) is 0 Å². The highest BCUT2D eigenvalue weighted by molar-refractivity contribution is 5.96. The molecule has 0 atom stereocenters. The van der Waals surface area contributed by atoms with Crippen molar-refractivity contribution in [3.05, 3.63) is 53.1 Å². The fourth-order valence-electron chi connectivity index (χ4n) is 2.91. The maximum Gasteiger partial charge on any atom is 0.271 e. The van der Waals surface area contributed by atoms with Crippen LogP contribution in [-0.2, 0) is 0 Å². The van der Waals surface area contributed by atoms with Crippen LogP contribution in [0.15, 0.2) is 41.5 Å².